The molecular weight excluding hydrogens is 484 g/mol. The Bertz CT molecular complexity index is 627. The fourth-order valence-electron chi connectivity index (χ4n) is 4.55. The second-order valence-corrected chi connectivity index (χ2v) is 9.52. The molecule has 36 heavy (non-hydrogen) atoms. The van der Waals surface area contributed by atoms with Crippen molar-refractivity contribution in [3.8, 4) is 0 Å². The minimum Gasteiger partial charge on any atom is -0.394 e. The van der Waals surface area contributed by atoms with Crippen molar-refractivity contribution < 1.29 is 64.2 Å². The topological polar surface area (TPSA) is 197 Å². The molecule has 0 saturated carbocycles. The standard InChI is InChI=1S/C23H42O13/c1-2-3-4-5-6-7-8-31-21-17(28)16(27)14(35-21)11-32-22-19(30)20(13(10-25)34-22)36-23-18(29)15(26)12(9-24)33-23/h12-30H,2-11H2,1H3/t12-,13-,14-,15-,16-,17+,18+,19+,20-,21+,22+,23-/m1/s1. The van der Waals surface area contributed by atoms with Crippen LogP contribution in [0.5, 0.6) is 0 Å². The molecule has 13 heteroatoms. The molecule has 0 aliphatic carbocycles. The van der Waals surface area contributed by atoms with Crippen molar-refractivity contribution in [3.05, 3.63) is 0 Å². The largest absolute Gasteiger partial charge is 0.394 e. The maximum Gasteiger partial charge on any atom is 0.187 e. The van der Waals surface area contributed by atoms with Crippen molar-refractivity contribution in [1.29, 1.82) is 0 Å². The van der Waals surface area contributed by atoms with Gasteiger partial charge in [0.2, 0.25) is 0 Å². The average molecular weight is 527 g/mol. The number of hydrogen-bond acceptors (Lipinski definition) is 13. The highest BCUT2D eigenvalue weighted by Gasteiger charge is 2.51. The first-order valence-corrected chi connectivity index (χ1v) is 12.8. The van der Waals surface area contributed by atoms with Crippen LogP contribution in [0.1, 0.15) is 45.4 Å². The molecule has 3 fully saturated rings. The van der Waals surface area contributed by atoms with E-state index in [4.69, 9.17) is 28.4 Å². The molecule has 0 radical (unpaired) electrons. The molecule has 3 heterocycles. The number of aliphatic hydroxyl groups excluding tert-OH is 7. The molecule has 3 aliphatic rings. The van der Waals surface area contributed by atoms with Gasteiger partial charge in [-0.3, -0.25) is 0 Å². The summed E-state index contributed by atoms with van der Waals surface area (Å²) < 4.78 is 33.0. The summed E-state index contributed by atoms with van der Waals surface area (Å²) in [5.74, 6) is 0. The van der Waals surface area contributed by atoms with E-state index < -0.39 is 87.0 Å². The van der Waals surface area contributed by atoms with Crippen LogP contribution in [0.25, 0.3) is 0 Å². The molecule has 0 aromatic heterocycles. The number of rotatable bonds is 15. The Hall–Kier alpha value is -0.520. The Kier molecular flexibility index (Phi) is 12.2. The Balaban J connectivity index is 1.44. The molecule has 0 aromatic rings. The van der Waals surface area contributed by atoms with Gasteiger partial charge in [-0.25, -0.2) is 0 Å². The zero-order valence-electron chi connectivity index (χ0n) is 20.6. The first kappa shape index (κ1) is 30.0. The van der Waals surface area contributed by atoms with Gasteiger partial charge >= 0.3 is 0 Å². The summed E-state index contributed by atoms with van der Waals surface area (Å²) in [6.45, 7) is 1.19. The van der Waals surface area contributed by atoms with Crippen LogP contribution in [0.2, 0.25) is 0 Å². The highest BCUT2D eigenvalue weighted by atomic mass is 16.8. The Morgan fingerprint density at radius 1 is 0.583 bits per heavy atom. The van der Waals surface area contributed by atoms with Gasteiger partial charge in [-0.2, -0.15) is 0 Å². The molecule has 0 spiro atoms. The van der Waals surface area contributed by atoms with Gasteiger partial charge in [-0.15, -0.1) is 0 Å². The summed E-state index contributed by atoms with van der Waals surface area (Å²) in [6, 6.07) is 0. The molecule has 0 amide bonds. The lowest BCUT2D eigenvalue weighted by molar-refractivity contribution is -0.216. The first-order chi connectivity index (χ1) is 17.3. The number of ether oxygens (including phenoxy) is 6. The van der Waals surface area contributed by atoms with Crippen LogP contribution in [0.15, 0.2) is 0 Å². The van der Waals surface area contributed by atoms with Crippen LogP contribution in [0.4, 0.5) is 0 Å². The summed E-state index contributed by atoms with van der Waals surface area (Å²) in [7, 11) is 0. The quantitative estimate of drug-likeness (QED) is 0.113. The van der Waals surface area contributed by atoms with Crippen LogP contribution < -0.4 is 0 Å². The third-order valence-electron chi connectivity index (χ3n) is 6.78. The molecule has 0 unspecified atom stereocenters. The molecule has 0 aromatic carbocycles. The molecule has 13 nitrogen and oxygen atoms in total. The maximum atomic E-state index is 10.6. The molecule has 7 N–H and O–H groups in total. The summed E-state index contributed by atoms with van der Waals surface area (Å²) in [5, 5.41) is 70.0. The van der Waals surface area contributed by atoms with Crippen molar-refractivity contribution in [1.82, 2.24) is 0 Å². The van der Waals surface area contributed by atoms with Gasteiger partial charge in [0.05, 0.1) is 19.8 Å². The lowest BCUT2D eigenvalue weighted by Crippen LogP contribution is -2.44. The van der Waals surface area contributed by atoms with E-state index in [0.29, 0.717) is 6.61 Å². The van der Waals surface area contributed by atoms with Gasteiger partial charge in [0.1, 0.15) is 54.9 Å². The second kappa shape index (κ2) is 14.6. The van der Waals surface area contributed by atoms with Crippen LogP contribution >= 0.6 is 0 Å². The Morgan fingerprint density at radius 3 is 1.81 bits per heavy atom. The number of hydrogen-bond donors (Lipinski definition) is 7. The minimum absolute atomic E-state index is 0.254. The van der Waals surface area contributed by atoms with Gasteiger partial charge in [-0.05, 0) is 6.42 Å². The summed E-state index contributed by atoms with van der Waals surface area (Å²) >= 11 is 0. The van der Waals surface area contributed by atoms with E-state index in [1.165, 1.54) is 19.3 Å². The van der Waals surface area contributed by atoms with Crippen LogP contribution in [-0.4, -0.2) is 136 Å². The summed E-state index contributed by atoms with van der Waals surface area (Å²) in [5.41, 5.74) is 0. The van der Waals surface area contributed by atoms with E-state index in [1.807, 2.05) is 0 Å². The van der Waals surface area contributed by atoms with Crippen molar-refractivity contribution in [2.45, 2.75) is 119 Å². The molecule has 212 valence electrons. The fourth-order valence-corrected chi connectivity index (χ4v) is 4.55. The zero-order chi connectivity index (χ0) is 26.2. The minimum atomic E-state index is -1.48. The SMILES string of the molecule is CCCCCCCCO[C@H]1O[C@H](CO[C@H]2O[C@H](CO)[C@@H](O[C@H]3O[C@H](CO)[C@@H](O)[C@@H]3O)[C@@H]2O)[C@@H](O)[C@@H]1O. The molecule has 3 saturated heterocycles. The highest BCUT2D eigenvalue weighted by molar-refractivity contribution is 4.93. The van der Waals surface area contributed by atoms with Crippen molar-refractivity contribution in [3.63, 3.8) is 0 Å². The third kappa shape index (κ3) is 7.32. The number of aliphatic hydroxyl groups is 7. The van der Waals surface area contributed by atoms with Crippen LogP contribution in [0.3, 0.4) is 0 Å². The number of unbranched alkanes of at least 4 members (excludes halogenated alkanes) is 5. The third-order valence-corrected chi connectivity index (χ3v) is 6.78. The van der Waals surface area contributed by atoms with Crippen molar-refractivity contribution in [2.75, 3.05) is 26.4 Å². The monoisotopic (exact) mass is 526 g/mol. The lowest BCUT2D eigenvalue weighted by atomic mass is 10.1. The van der Waals surface area contributed by atoms with E-state index in [9.17, 15) is 35.7 Å². The summed E-state index contributed by atoms with van der Waals surface area (Å²) in [4.78, 5) is 0. The smallest absolute Gasteiger partial charge is 0.187 e. The molecular formula is C23H42O13. The lowest BCUT2D eigenvalue weighted by Gasteiger charge is -2.25. The normalized spacial score (nSPS) is 43.0. The summed E-state index contributed by atoms with van der Waals surface area (Å²) in [6.07, 6.45) is -8.24. The van der Waals surface area contributed by atoms with E-state index in [0.717, 1.165) is 19.3 Å². The second-order valence-electron chi connectivity index (χ2n) is 9.52. The van der Waals surface area contributed by atoms with Gasteiger partial charge in [0.15, 0.2) is 18.9 Å². The van der Waals surface area contributed by atoms with E-state index >= 15 is 0 Å². The predicted octanol–water partition coefficient (Wildman–Crippen LogP) is -2.27. The average Bonchev–Trinajstić information content (AvgIpc) is 3.44. The fraction of sp³-hybridized carbons (Fsp3) is 1.00. The van der Waals surface area contributed by atoms with Crippen LogP contribution in [0, 0.1) is 0 Å². The van der Waals surface area contributed by atoms with Gasteiger partial charge in [0.25, 0.3) is 0 Å². The molecule has 3 rings (SSSR count). The maximum absolute atomic E-state index is 10.6. The van der Waals surface area contributed by atoms with Gasteiger partial charge in [-0.1, -0.05) is 39.0 Å². The first-order valence-electron chi connectivity index (χ1n) is 12.8. The van der Waals surface area contributed by atoms with E-state index in [-0.39, 0.29) is 6.61 Å². The molecule has 0 bridgehead atoms. The van der Waals surface area contributed by atoms with Gasteiger partial charge < -0.3 is 64.2 Å². The highest BCUT2D eigenvalue weighted by Crippen LogP contribution is 2.31. The molecule has 12 atom stereocenters. The van der Waals surface area contributed by atoms with E-state index in [1.54, 1.807) is 0 Å². The van der Waals surface area contributed by atoms with E-state index in [2.05, 4.69) is 6.92 Å². The Morgan fingerprint density at radius 2 is 1.14 bits per heavy atom. The Labute approximate surface area is 210 Å². The molecule has 3 aliphatic heterocycles. The zero-order valence-corrected chi connectivity index (χ0v) is 20.6. The van der Waals surface area contributed by atoms with Gasteiger partial charge in [0, 0.05) is 6.61 Å². The van der Waals surface area contributed by atoms with Crippen LogP contribution in [-0.2, 0) is 28.4 Å². The van der Waals surface area contributed by atoms with Crippen molar-refractivity contribution in [2.24, 2.45) is 0 Å². The predicted molar refractivity (Wildman–Crippen MR) is 120 cm³/mol. The van der Waals surface area contributed by atoms with Crippen molar-refractivity contribution >= 4 is 0 Å².